The largest absolute Gasteiger partial charge is 0.304 e. The van der Waals surface area contributed by atoms with Crippen molar-refractivity contribution in [1.82, 2.24) is 8.77 Å². The van der Waals surface area contributed by atoms with Gasteiger partial charge in [-0.1, -0.05) is 11.4 Å². The van der Waals surface area contributed by atoms with Crippen LogP contribution in [0.15, 0.2) is 0 Å². The molecule has 2 saturated heterocycles. The normalized spacial score (nSPS) is 27.1. The number of hydroxylamine groups is 1. The van der Waals surface area contributed by atoms with Crippen LogP contribution in [0.1, 0.15) is 32.6 Å². The van der Waals surface area contributed by atoms with Gasteiger partial charge in [-0.3, -0.25) is 4.84 Å². The molecule has 16 heavy (non-hydrogen) atoms. The summed E-state index contributed by atoms with van der Waals surface area (Å²) in [4.78, 5) is 5.23. The van der Waals surface area contributed by atoms with Crippen LogP contribution in [0.2, 0.25) is 0 Å². The third-order valence-corrected chi connectivity index (χ3v) is 5.12. The summed E-state index contributed by atoms with van der Waals surface area (Å²) in [6.45, 7) is 4.44. The Bertz CT molecular complexity index is 317. The van der Waals surface area contributed by atoms with Crippen LogP contribution in [-0.2, 0) is 15.0 Å². The Balaban J connectivity index is 2.00. The van der Waals surface area contributed by atoms with E-state index in [2.05, 4.69) is 6.92 Å². The zero-order valence-electron chi connectivity index (χ0n) is 9.76. The first-order valence-corrected chi connectivity index (χ1v) is 7.41. The topological polar surface area (TPSA) is 49.9 Å². The van der Waals surface area contributed by atoms with E-state index in [1.807, 2.05) is 0 Å². The van der Waals surface area contributed by atoms with Gasteiger partial charge < -0.3 is 0 Å². The van der Waals surface area contributed by atoms with Gasteiger partial charge in [0.25, 0.3) is 0 Å². The van der Waals surface area contributed by atoms with Gasteiger partial charge in [-0.25, -0.2) is 0 Å². The number of rotatable bonds is 2. The lowest BCUT2D eigenvalue weighted by Crippen LogP contribution is -2.48. The van der Waals surface area contributed by atoms with Crippen molar-refractivity contribution in [2.45, 2.75) is 32.6 Å². The first kappa shape index (κ1) is 12.3. The maximum Gasteiger partial charge on any atom is 0.304 e. The highest BCUT2D eigenvalue weighted by Crippen LogP contribution is 2.22. The van der Waals surface area contributed by atoms with Crippen LogP contribution in [0, 0.1) is 5.92 Å². The van der Waals surface area contributed by atoms with E-state index < -0.39 is 10.2 Å². The van der Waals surface area contributed by atoms with Crippen molar-refractivity contribution in [1.29, 1.82) is 0 Å². The molecule has 0 aromatic carbocycles. The smallest absolute Gasteiger partial charge is 0.283 e. The average Bonchev–Trinajstić information content (AvgIpc) is 2.31. The van der Waals surface area contributed by atoms with Crippen molar-refractivity contribution >= 4 is 10.2 Å². The fourth-order valence-electron chi connectivity index (χ4n) is 2.10. The molecule has 0 aromatic heterocycles. The molecule has 2 rings (SSSR count). The first-order chi connectivity index (χ1) is 7.60. The van der Waals surface area contributed by atoms with Gasteiger partial charge in [-0.05, 0) is 31.6 Å². The molecule has 2 fully saturated rings. The van der Waals surface area contributed by atoms with E-state index in [-0.39, 0.29) is 0 Å². The van der Waals surface area contributed by atoms with Crippen LogP contribution in [0.25, 0.3) is 0 Å². The Kier molecular flexibility index (Phi) is 3.84. The summed E-state index contributed by atoms with van der Waals surface area (Å²) >= 11 is 0. The second-order valence-electron chi connectivity index (χ2n) is 4.66. The first-order valence-electron chi connectivity index (χ1n) is 6.01. The summed E-state index contributed by atoms with van der Waals surface area (Å²) in [5.74, 6) is 0.633. The molecule has 0 aliphatic carbocycles. The third-order valence-electron chi connectivity index (χ3n) is 3.30. The Labute approximate surface area is 97.5 Å². The van der Waals surface area contributed by atoms with Crippen LogP contribution < -0.4 is 0 Å². The predicted molar refractivity (Wildman–Crippen MR) is 60.8 cm³/mol. The second-order valence-corrected chi connectivity index (χ2v) is 6.48. The van der Waals surface area contributed by atoms with Gasteiger partial charge in [-0.15, -0.1) is 0 Å². The molecule has 0 atom stereocenters. The Morgan fingerprint density at radius 3 is 2.38 bits per heavy atom. The minimum Gasteiger partial charge on any atom is -0.283 e. The van der Waals surface area contributed by atoms with Gasteiger partial charge in [-0.2, -0.15) is 12.7 Å². The molecule has 0 unspecified atom stereocenters. The fraction of sp³-hybridized carbons (Fsp3) is 1.00. The lowest BCUT2D eigenvalue weighted by atomic mass is 10.0. The summed E-state index contributed by atoms with van der Waals surface area (Å²) in [6.07, 6.45) is 3.74. The maximum atomic E-state index is 12.2. The van der Waals surface area contributed by atoms with Gasteiger partial charge in [0.2, 0.25) is 0 Å². The molecule has 0 spiro atoms. The monoisotopic (exact) mass is 248 g/mol. The molecule has 94 valence electrons. The van der Waals surface area contributed by atoms with Gasteiger partial charge in [0.1, 0.15) is 0 Å². The maximum absolute atomic E-state index is 12.2. The molecule has 0 radical (unpaired) electrons. The molecule has 0 saturated carbocycles. The quantitative estimate of drug-likeness (QED) is 0.732. The average molecular weight is 248 g/mol. The van der Waals surface area contributed by atoms with Crippen molar-refractivity contribution in [3.8, 4) is 0 Å². The van der Waals surface area contributed by atoms with Crippen LogP contribution >= 0.6 is 0 Å². The van der Waals surface area contributed by atoms with Gasteiger partial charge in [0.05, 0.1) is 6.61 Å². The Hall–Kier alpha value is -0.170. The molecule has 0 N–H and O–H groups in total. The summed E-state index contributed by atoms with van der Waals surface area (Å²) in [5, 5.41) is 0. The van der Waals surface area contributed by atoms with E-state index in [9.17, 15) is 8.42 Å². The van der Waals surface area contributed by atoms with Crippen molar-refractivity contribution in [3.05, 3.63) is 0 Å². The minimum atomic E-state index is -3.36. The molecule has 6 heteroatoms. The molecule has 2 aliphatic heterocycles. The fourth-order valence-corrected chi connectivity index (χ4v) is 3.60. The highest BCUT2D eigenvalue weighted by molar-refractivity contribution is 7.86. The number of piperidine rings is 1. The van der Waals surface area contributed by atoms with Crippen molar-refractivity contribution in [3.63, 3.8) is 0 Å². The van der Waals surface area contributed by atoms with E-state index in [0.29, 0.717) is 32.2 Å². The number of hydrogen-bond donors (Lipinski definition) is 0. The zero-order valence-corrected chi connectivity index (χ0v) is 10.6. The molecule has 0 bridgehead atoms. The highest BCUT2D eigenvalue weighted by atomic mass is 32.2. The molecule has 0 amide bonds. The molecular formula is C10H20N2O3S. The van der Waals surface area contributed by atoms with Crippen molar-refractivity contribution < 1.29 is 13.3 Å². The summed E-state index contributed by atoms with van der Waals surface area (Å²) in [5.41, 5.74) is 0. The minimum absolute atomic E-state index is 0.494. The molecular weight excluding hydrogens is 228 g/mol. The van der Waals surface area contributed by atoms with Crippen LogP contribution in [0.3, 0.4) is 0 Å². The molecule has 2 aliphatic rings. The molecule has 0 aromatic rings. The van der Waals surface area contributed by atoms with Crippen LogP contribution in [-0.4, -0.2) is 43.4 Å². The van der Waals surface area contributed by atoms with Crippen LogP contribution in [0.4, 0.5) is 0 Å². The van der Waals surface area contributed by atoms with Crippen molar-refractivity contribution in [2.24, 2.45) is 5.92 Å². The van der Waals surface area contributed by atoms with Gasteiger partial charge >= 0.3 is 10.2 Å². The second kappa shape index (κ2) is 5.00. The summed E-state index contributed by atoms with van der Waals surface area (Å²) in [7, 11) is -3.36. The number of hydrogen-bond acceptors (Lipinski definition) is 3. The standard InChI is InChI=1S/C10H20N2O3S/c1-10-4-7-11(8-5-10)16(13,14)12-6-2-3-9-15-12/h10H,2-9H2,1H3. The third kappa shape index (κ3) is 2.56. The van der Waals surface area contributed by atoms with E-state index in [4.69, 9.17) is 4.84 Å². The molecule has 2 heterocycles. The van der Waals surface area contributed by atoms with E-state index in [0.717, 1.165) is 25.7 Å². The summed E-state index contributed by atoms with van der Waals surface area (Å²) < 4.78 is 27.1. The van der Waals surface area contributed by atoms with E-state index in [1.54, 1.807) is 4.31 Å². The van der Waals surface area contributed by atoms with E-state index in [1.165, 1.54) is 4.47 Å². The lowest BCUT2D eigenvalue weighted by Gasteiger charge is -2.34. The Morgan fingerprint density at radius 1 is 1.12 bits per heavy atom. The SMILES string of the molecule is CC1CCN(S(=O)(=O)N2CCCCO2)CC1. The zero-order chi connectivity index (χ0) is 11.6. The number of nitrogens with zero attached hydrogens (tertiary/aromatic N) is 2. The van der Waals surface area contributed by atoms with E-state index >= 15 is 0 Å². The lowest BCUT2D eigenvalue weighted by molar-refractivity contribution is -0.113. The van der Waals surface area contributed by atoms with Gasteiger partial charge in [0.15, 0.2) is 0 Å². The molecule has 5 nitrogen and oxygen atoms in total. The van der Waals surface area contributed by atoms with Crippen molar-refractivity contribution in [2.75, 3.05) is 26.2 Å². The summed E-state index contributed by atoms with van der Waals surface area (Å²) in [6, 6.07) is 0. The predicted octanol–water partition coefficient (Wildman–Crippen LogP) is 0.990. The highest BCUT2D eigenvalue weighted by Gasteiger charge is 2.33. The van der Waals surface area contributed by atoms with Gasteiger partial charge in [0, 0.05) is 19.6 Å². The Morgan fingerprint density at radius 2 is 1.81 bits per heavy atom. The van der Waals surface area contributed by atoms with Crippen LogP contribution in [0.5, 0.6) is 0 Å².